The number of carbonyl (C=O) groups is 2. The van der Waals surface area contributed by atoms with E-state index in [9.17, 15) is 18.0 Å². The fourth-order valence-electron chi connectivity index (χ4n) is 2.49. The van der Waals surface area contributed by atoms with Gasteiger partial charge in [-0.25, -0.2) is 13.1 Å². The van der Waals surface area contributed by atoms with Gasteiger partial charge in [0.2, 0.25) is 15.9 Å². The number of nitrogens with one attached hydrogen (secondary N) is 1. The van der Waals surface area contributed by atoms with Gasteiger partial charge in [-0.05, 0) is 31.5 Å². The van der Waals surface area contributed by atoms with Crippen LogP contribution in [0.15, 0.2) is 53.4 Å². The minimum absolute atomic E-state index is 0.00780. The number of rotatable bonds is 8. The van der Waals surface area contributed by atoms with E-state index in [1.807, 2.05) is 31.2 Å². The van der Waals surface area contributed by atoms with Gasteiger partial charge in [0.1, 0.15) is 0 Å². The highest BCUT2D eigenvalue weighted by Gasteiger charge is 2.16. The van der Waals surface area contributed by atoms with Crippen LogP contribution in [0.2, 0.25) is 0 Å². The summed E-state index contributed by atoms with van der Waals surface area (Å²) in [5.74, 6) is -0.278. The highest BCUT2D eigenvalue weighted by molar-refractivity contribution is 7.89. The number of sulfonamides is 1. The normalized spacial score (nSPS) is 11.2. The van der Waals surface area contributed by atoms with Crippen molar-refractivity contribution in [1.29, 1.82) is 0 Å². The van der Waals surface area contributed by atoms with E-state index in [4.69, 9.17) is 0 Å². The first-order chi connectivity index (χ1) is 12.7. The topological polar surface area (TPSA) is 83.5 Å². The lowest BCUT2D eigenvalue weighted by molar-refractivity contribution is -0.130. The van der Waals surface area contributed by atoms with Gasteiger partial charge >= 0.3 is 0 Å². The molecule has 0 bridgehead atoms. The summed E-state index contributed by atoms with van der Waals surface area (Å²) >= 11 is 0. The molecule has 6 nitrogen and oxygen atoms in total. The second-order valence-electron chi connectivity index (χ2n) is 6.46. The Morgan fingerprint density at radius 1 is 1.00 bits per heavy atom. The molecule has 1 N–H and O–H groups in total. The Balaban J connectivity index is 1.87. The Kier molecular flexibility index (Phi) is 6.87. The average Bonchev–Trinajstić information content (AvgIpc) is 2.63. The van der Waals surface area contributed by atoms with Crippen LogP contribution in [0.1, 0.15) is 34.8 Å². The van der Waals surface area contributed by atoms with Crippen molar-refractivity contribution >= 4 is 21.7 Å². The fraction of sp³-hybridized carbons (Fsp3) is 0.300. The predicted molar refractivity (Wildman–Crippen MR) is 104 cm³/mol. The first-order valence-corrected chi connectivity index (χ1v) is 10.1. The molecule has 7 heteroatoms. The molecule has 0 heterocycles. The summed E-state index contributed by atoms with van der Waals surface area (Å²) in [5, 5.41) is 0. The zero-order valence-corrected chi connectivity index (χ0v) is 16.5. The lowest BCUT2D eigenvalue weighted by atomic mass is 10.1. The first-order valence-electron chi connectivity index (χ1n) is 8.59. The molecule has 0 saturated heterocycles. The SMILES string of the molecule is CC(=O)c1ccc(S(=O)(=O)NCCC(=O)N(C)Cc2ccc(C)cc2)cc1. The molecule has 0 atom stereocenters. The number of Topliss-reactive ketones (excluding diaryl/α,β-unsaturated/α-hetero) is 1. The summed E-state index contributed by atoms with van der Waals surface area (Å²) < 4.78 is 27.0. The van der Waals surface area contributed by atoms with Crippen molar-refractivity contribution in [2.24, 2.45) is 0 Å². The molecule has 0 radical (unpaired) electrons. The third-order valence-electron chi connectivity index (χ3n) is 4.17. The maximum Gasteiger partial charge on any atom is 0.240 e. The molecule has 0 aromatic heterocycles. The lowest BCUT2D eigenvalue weighted by Gasteiger charge is -2.17. The molecule has 0 aliphatic heterocycles. The number of carbonyl (C=O) groups excluding carboxylic acids is 2. The molecule has 0 aliphatic carbocycles. The molecule has 0 saturated carbocycles. The zero-order valence-electron chi connectivity index (χ0n) is 15.7. The van der Waals surface area contributed by atoms with Gasteiger partial charge in [0.05, 0.1) is 4.90 Å². The van der Waals surface area contributed by atoms with Crippen LogP contribution in [0.4, 0.5) is 0 Å². The van der Waals surface area contributed by atoms with Crippen molar-refractivity contribution in [2.75, 3.05) is 13.6 Å². The second-order valence-corrected chi connectivity index (χ2v) is 8.23. The van der Waals surface area contributed by atoms with Gasteiger partial charge in [0.25, 0.3) is 0 Å². The summed E-state index contributed by atoms with van der Waals surface area (Å²) in [7, 11) is -2.03. The van der Waals surface area contributed by atoms with Crippen LogP contribution in [0, 0.1) is 6.92 Å². The molecule has 2 aromatic carbocycles. The third kappa shape index (κ3) is 6.01. The van der Waals surface area contributed by atoms with Gasteiger partial charge in [-0.15, -0.1) is 0 Å². The Morgan fingerprint density at radius 3 is 2.15 bits per heavy atom. The van der Waals surface area contributed by atoms with Crippen LogP contribution in [0.25, 0.3) is 0 Å². The van der Waals surface area contributed by atoms with Gasteiger partial charge in [-0.2, -0.15) is 0 Å². The number of ketones is 1. The number of hydrogen-bond acceptors (Lipinski definition) is 4. The van der Waals surface area contributed by atoms with Gasteiger partial charge in [-0.3, -0.25) is 9.59 Å². The number of aryl methyl sites for hydroxylation is 1. The van der Waals surface area contributed by atoms with Crippen molar-refractivity contribution < 1.29 is 18.0 Å². The van der Waals surface area contributed by atoms with Gasteiger partial charge in [0.15, 0.2) is 5.78 Å². The van der Waals surface area contributed by atoms with E-state index in [-0.39, 0.29) is 29.6 Å². The van der Waals surface area contributed by atoms with Crippen LogP contribution >= 0.6 is 0 Å². The largest absolute Gasteiger partial charge is 0.341 e. The molecule has 27 heavy (non-hydrogen) atoms. The summed E-state index contributed by atoms with van der Waals surface area (Å²) in [6.07, 6.45) is 0.0626. The lowest BCUT2D eigenvalue weighted by Crippen LogP contribution is -2.32. The van der Waals surface area contributed by atoms with Crippen LogP contribution in [0.3, 0.4) is 0 Å². The van der Waals surface area contributed by atoms with Gasteiger partial charge < -0.3 is 4.90 Å². The Morgan fingerprint density at radius 2 is 1.59 bits per heavy atom. The Labute approximate surface area is 160 Å². The molecule has 2 rings (SSSR count). The zero-order chi connectivity index (χ0) is 20.0. The Hall–Kier alpha value is -2.51. The average molecular weight is 388 g/mol. The maximum absolute atomic E-state index is 12.3. The fourth-order valence-corrected chi connectivity index (χ4v) is 3.52. The van der Waals surface area contributed by atoms with Crippen molar-refractivity contribution in [2.45, 2.75) is 31.7 Å². The first kappa shape index (κ1) is 20.8. The van der Waals surface area contributed by atoms with Crippen LogP contribution in [-0.2, 0) is 21.4 Å². The number of hydrogen-bond donors (Lipinski definition) is 1. The molecule has 144 valence electrons. The summed E-state index contributed by atoms with van der Waals surface area (Å²) in [6.45, 7) is 3.89. The van der Waals surface area contributed by atoms with Gasteiger partial charge in [0, 0.05) is 32.1 Å². The summed E-state index contributed by atoms with van der Waals surface area (Å²) in [6, 6.07) is 13.6. The molecule has 0 unspecified atom stereocenters. The van der Waals surface area contributed by atoms with E-state index in [2.05, 4.69) is 4.72 Å². The molecule has 0 spiro atoms. The monoisotopic (exact) mass is 388 g/mol. The Bertz CT molecular complexity index is 904. The molecular formula is C20H24N2O4S. The van der Waals surface area contributed by atoms with E-state index >= 15 is 0 Å². The number of nitrogens with zero attached hydrogens (tertiary/aromatic N) is 1. The smallest absolute Gasteiger partial charge is 0.240 e. The van der Waals surface area contributed by atoms with Crippen molar-refractivity contribution in [3.63, 3.8) is 0 Å². The van der Waals surface area contributed by atoms with Crippen molar-refractivity contribution in [3.8, 4) is 0 Å². The minimum Gasteiger partial charge on any atom is -0.341 e. The number of benzene rings is 2. The highest BCUT2D eigenvalue weighted by atomic mass is 32.2. The molecule has 2 aromatic rings. The minimum atomic E-state index is -3.72. The highest BCUT2D eigenvalue weighted by Crippen LogP contribution is 2.11. The van der Waals surface area contributed by atoms with Crippen LogP contribution in [-0.4, -0.2) is 38.6 Å². The molecule has 0 fully saturated rings. The summed E-state index contributed by atoms with van der Waals surface area (Å²) in [4.78, 5) is 25.1. The van der Waals surface area contributed by atoms with E-state index in [0.29, 0.717) is 12.1 Å². The van der Waals surface area contributed by atoms with E-state index in [0.717, 1.165) is 11.1 Å². The quantitative estimate of drug-likeness (QED) is 0.705. The second kappa shape index (κ2) is 8.92. The van der Waals surface area contributed by atoms with Crippen LogP contribution < -0.4 is 4.72 Å². The van der Waals surface area contributed by atoms with Crippen molar-refractivity contribution in [1.82, 2.24) is 9.62 Å². The standard InChI is InChI=1S/C20H24N2O4S/c1-15-4-6-17(7-5-15)14-22(3)20(24)12-13-21-27(25,26)19-10-8-18(9-11-19)16(2)23/h4-11,21H,12-14H2,1-3H3. The molecule has 0 aliphatic rings. The number of amides is 1. The van der Waals surface area contributed by atoms with Gasteiger partial charge in [-0.1, -0.05) is 42.0 Å². The van der Waals surface area contributed by atoms with Crippen LogP contribution in [0.5, 0.6) is 0 Å². The third-order valence-corrected chi connectivity index (χ3v) is 5.65. The predicted octanol–water partition coefficient (Wildman–Crippen LogP) is 2.52. The van der Waals surface area contributed by atoms with Crippen molar-refractivity contribution in [3.05, 3.63) is 65.2 Å². The molecule has 1 amide bonds. The summed E-state index contributed by atoms with van der Waals surface area (Å²) in [5.41, 5.74) is 2.61. The van der Waals surface area contributed by atoms with E-state index < -0.39 is 10.0 Å². The molecular weight excluding hydrogens is 364 g/mol. The maximum atomic E-state index is 12.3. The van der Waals surface area contributed by atoms with E-state index in [1.54, 1.807) is 11.9 Å². The van der Waals surface area contributed by atoms with E-state index in [1.165, 1.54) is 31.2 Å².